The number of nitrogens with one attached hydrogen (secondary N) is 1. The highest BCUT2D eigenvalue weighted by Crippen LogP contribution is 2.33. The summed E-state index contributed by atoms with van der Waals surface area (Å²) in [6, 6.07) is 15.6. The summed E-state index contributed by atoms with van der Waals surface area (Å²) in [6.45, 7) is 3.30. The number of hydrogen-bond acceptors (Lipinski definition) is 6. The molecule has 0 radical (unpaired) electrons. The molecule has 1 aliphatic heterocycles. The van der Waals surface area contributed by atoms with Gasteiger partial charge in [-0.3, -0.25) is 9.36 Å². The van der Waals surface area contributed by atoms with Crippen molar-refractivity contribution in [2.45, 2.75) is 36.6 Å². The molecule has 7 nitrogen and oxygen atoms in total. The van der Waals surface area contributed by atoms with Crippen molar-refractivity contribution in [2.75, 3.05) is 20.3 Å². The number of carbonyl (C=O) groups is 1. The lowest BCUT2D eigenvalue weighted by Crippen LogP contribution is -2.30. The first-order valence-electron chi connectivity index (χ1n) is 10.5. The molecule has 0 bridgehead atoms. The highest BCUT2D eigenvalue weighted by molar-refractivity contribution is 8.00. The molecule has 0 aliphatic carbocycles. The van der Waals surface area contributed by atoms with E-state index in [9.17, 15) is 4.79 Å². The molecule has 1 N–H and O–H groups in total. The van der Waals surface area contributed by atoms with Crippen LogP contribution in [0.25, 0.3) is 17.1 Å². The molecule has 4 rings (SSSR count). The number of carbonyl (C=O) groups excluding carboxylic acids is 1. The molecule has 0 saturated carbocycles. The van der Waals surface area contributed by atoms with Crippen LogP contribution < -0.4 is 14.8 Å². The fraction of sp³-hybridized carbons (Fsp3) is 0.348. The van der Waals surface area contributed by atoms with Crippen LogP contribution in [0.5, 0.6) is 11.5 Å². The van der Waals surface area contributed by atoms with Crippen LogP contribution in [-0.4, -0.2) is 46.2 Å². The van der Waals surface area contributed by atoms with Gasteiger partial charge in [-0.05, 0) is 56.2 Å². The minimum absolute atomic E-state index is 0.0617. The SMILES string of the molecule is CCOc1ccc(-n2c(S[C@H]3CCCCNC3=O)nnc2-c2cccc(OC)c2)cc1. The molecule has 3 aromatic rings. The van der Waals surface area contributed by atoms with Crippen molar-refractivity contribution < 1.29 is 14.3 Å². The quantitative estimate of drug-likeness (QED) is 0.598. The largest absolute Gasteiger partial charge is 0.497 e. The number of ether oxygens (including phenoxy) is 2. The molecule has 1 aromatic heterocycles. The summed E-state index contributed by atoms with van der Waals surface area (Å²) in [5.41, 5.74) is 1.79. The Labute approximate surface area is 186 Å². The summed E-state index contributed by atoms with van der Waals surface area (Å²) in [5.74, 6) is 2.31. The van der Waals surface area contributed by atoms with E-state index >= 15 is 0 Å². The van der Waals surface area contributed by atoms with E-state index in [1.165, 1.54) is 11.8 Å². The number of methoxy groups -OCH3 is 1. The van der Waals surface area contributed by atoms with Gasteiger partial charge in [0.25, 0.3) is 0 Å². The molecule has 1 fully saturated rings. The lowest BCUT2D eigenvalue weighted by molar-refractivity contribution is -0.120. The van der Waals surface area contributed by atoms with E-state index in [0.29, 0.717) is 17.6 Å². The first kappa shape index (κ1) is 21.2. The second-order valence-corrected chi connectivity index (χ2v) is 8.36. The number of hydrogen-bond donors (Lipinski definition) is 1. The molecule has 1 atom stereocenters. The van der Waals surface area contributed by atoms with Crippen molar-refractivity contribution >= 4 is 17.7 Å². The molecular formula is C23H26N4O3S. The number of nitrogens with zero attached hydrogens (tertiary/aromatic N) is 3. The monoisotopic (exact) mass is 438 g/mol. The van der Waals surface area contributed by atoms with Crippen molar-refractivity contribution in [3.63, 3.8) is 0 Å². The summed E-state index contributed by atoms with van der Waals surface area (Å²) < 4.78 is 13.0. The van der Waals surface area contributed by atoms with E-state index < -0.39 is 0 Å². The van der Waals surface area contributed by atoms with Gasteiger partial charge in [-0.2, -0.15) is 0 Å². The minimum atomic E-state index is -0.189. The number of benzene rings is 2. The molecule has 0 unspecified atom stereocenters. The zero-order valence-electron chi connectivity index (χ0n) is 17.7. The van der Waals surface area contributed by atoms with Gasteiger partial charge in [0.15, 0.2) is 11.0 Å². The standard InChI is InChI=1S/C23H26N4O3S/c1-3-30-18-12-10-17(11-13-18)27-21(16-7-6-8-19(15-16)29-2)25-26-23(27)31-20-9-4-5-14-24-22(20)28/h6-8,10-13,15,20H,3-5,9,14H2,1-2H3,(H,24,28)/t20-/m0/s1. The Bertz CT molecular complexity index is 1040. The maximum Gasteiger partial charge on any atom is 0.233 e. The van der Waals surface area contributed by atoms with Crippen LogP contribution in [0.2, 0.25) is 0 Å². The lowest BCUT2D eigenvalue weighted by Gasteiger charge is -2.15. The third-order valence-corrected chi connectivity index (χ3v) is 6.31. The van der Waals surface area contributed by atoms with Crippen LogP contribution in [0.4, 0.5) is 0 Å². The molecule has 31 heavy (non-hydrogen) atoms. The second kappa shape index (κ2) is 9.87. The minimum Gasteiger partial charge on any atom is -0.497 e. The number of aromatic nitrogens is 3. The van der Waals surface area contributed by atoms with Crippen LogP contribution in [-0.2, 0) is 4.79 Å². The predicted octanol–water partition coefficient (Wildman–Crippen LogP) is 4.10. The Morgan fingerprint density at radius 2 is 1.97 bits per heavy atom. The van der Waals surface area contributed by atoms with E-state index in [0.717, 1.165) is 48.6 Å². The van der Waals surface area contributed by atoms with Crippen LogP contribution in [0.1, 0.15) is 26.2 Å². The topological polar surface area (TPSA) is 78.3 Å². The molecule has 2 aromatic carbocycles. The molecule has 1 amide bonds. The van der Waals surface area contributed by atoms with Crippen LogP contribution in [0, 0.1) is 0 Å². The summed E-state index contributed by atoms with van der Waals surface area (Å²) in [5, 5.41) is 12.4. The van der Waals surface area contributed by atoms with E-state index in [4.69, 9.17) is 9.47 Å². The molecule has 2 heterocycles. The van der Waals surface area contributed by atoms with Gasteiger partial charge in [-0.25, -0.2) is 0 Å². The van der Waals surface area contributed by atoms with Crippen molar-refractivity contribution in [3.05, 3.63) is 48.5 Å². The van der Waals surface area contributed by atoms with Gasteiger partial charge < -0.3 is 14.8 Å². The second-order valence-electron chi connectivity index (χ2n) is 7.19. The predicted molar refractivity (Wildman–Crippen MR) is 121 cm³/mol. The Hall–Kier alpha value is -3.00. The number of amides is 1. The van der Waals surface area contributed by atoms with Crippen molar-refractivity contribution in [3.8, 4) is 28.6 Å². The van der Waals surface area contributed by atoms with E-state index in [1.807, 2.05) is 60.0 Å². The van der Waals surface area contributed by atoms with Gasteiger partial charge in [0.1, 0.15) is 11.5 Å². The van der Waals surface area contributed by atoms with Crippen molar-refractivity contribution in [2.24, 2.45) is 0 Å². The molecule has 1 aliphatic rings. The van der Waals surface area contributed by atoms with Gasteiger partial charge in [-0.15, -0.1) is 10.2 Å². The van der Waals surface area contributed by atoms with Crippen LogP contribution >= 0.6 is 11.8 Å². The zero-order chi connectivity index (χ0) is 21.6. The zero-order valence-corrected chi connectivity index (χ0v) is 18.5. The average molecular weight is 439 g/mol. The third kappa shape index (κ3) is 4.85. The Morgan fingerprint density at radius 1 is 1.13 bits per heavy atom. The maximum absolute atomic E-state index is 12.5. The molecule has 1 saturated heterocycles. The van der Waals surface area contributed by atoms with Crippen LogP contribution in [0.3, 0.4) is 0 Å². The molecule has 162 valence electrons. The van der Waals surface area contributed by atoms with Crippen molar-refractivity contribution in [1.29, 1.82) is 0 Å². The normalized spacial score (nSPS) is 16.5. The highest BCUT2D eigenvalue weighted by Gasteiger charge is 2.26. The first-order valence-corrected chi connectivity index (χ1v) is 11.3. The Balaban J connectivity index is 1.75. The summed E-state index contributed by atoms with van der Waals surface area (Å²) in [4.78, 5) is 12.5. The molecular weight excluding hydrogens is 412 g/mol. The average Bonchev–Trinajstić information content (AvgIpc) is 3.11. The van der Waals surface area contributed by atoms with Gasteiger partial charge in [-0.1, -0.05) is 30.3 Å². The number of thioether (sulfide) groups is 1. The Kier molecular flexibility index (Phi) is 6.76. The van der Waals surface area contributed by atoms with Gasteiger partial charge in [0, 0.05) is 17.8 Å². The summed E-state index contributed by atoms with van der Waals surface area (Å²) in [6.07, 6.45) is 2.83. The smallest absolute Gasteiger partial charge is 0.233 e. The lowest BCUT2D eigenvalue weighted by atomic mass is 10.2. The van der Waals surface area contributed by atoms with E-state index in [1.54, 1.807) is 7.11 Å². The fourth-order valence-corrected chi connectivity index (χ4v) is 4.65. The van der Waals surface area contributed by atoms with Crippen molar-refractivity contribution in [1.82, 2.24) is 20.1 Å². The number of rotatable bonds is 7. The third-order valence-electron chi connectivity index (χ3n) is 5.10. The van der Waals surface area contributed by atoms with Gasteiger partial charge in [0.05, 0.1) is 19.0 Å². The fourth-order valence-electron chi connectivity index (χ4n) is 3.54. The maximum atomic E-state index is 12.5. The van der Waals surface area contributed by atoms with Crippen LogP contribution in [0.15, 0.2) is 53.7 Å². The van der Waals surface area contributed by atoms with Gasteiger partial charge >= 0.3 is 0 Å². The van der Waals surface area contributed by atoms with E-state index in [-0.39, 0.29) is 11.2 Å². The summed E-state index contributed by atoms with van der Waals surface area (Å²) in [7, 11) is 1.64. The highest BCUT2D eigenvalue weighted by atomic mass is 32.2. The van der Waals surface area contributed by atoms with Gasteiger partial charge in [0.2, 0.25) is 5.91 Å². The Morgan fingerprint density at radius 3 is 2.74 bits per heavy atom. The van der Waals surface area contributed by atoms with E-state index in [2.05, 4.69) is 15.5 Å². The summed E-state index contributed by atoms with van der Waals surface area (Å²) >= 11 is 1.46. The molecule has 0 spiro atoms. The molecule has 8 heteroatoms. The first-order chi connectivity index (χ1) is 15.2.